The van der Waals surface area contributed by atoms with Crippen LogP contribution in [0.15, 0.2) is 47.6 Å². The van der Waals surface area contributed by atoms with Crippen LogP contribution in [0.25, 0.3) is 0 Å². The molecule has 2 rings (SSSR count). The molecule has 0 amide bonds. The maximum atomic E-state index is 9.75. The van der Waals surface area contributed by atoms with Crippen LogP contribution in [0, 0.1) is 0 Å². The number of aromatic nitrogens is 1. The lowest BCUT2D eigenvalue weighted by molar-refractivity contribution is 0.318. The molecule has 1 aromatic carbocycles. The van der Waals surface area contributed by atoms with Crippen LogP contribution in [0.1, 0.15) is 25.1 Å². The Morgan fingerprint density at radius 3 is 2.79 bits per heavy atom. The van der Waals surface area contributed by atoms with Crippen LogP contribution in [0.2, 0.25) is 0 Å². The number of pyridine rings is 1. The number of guanidine groups is 1. The Labute approximate surface area is 142 Å². The van der Waals surface area contributed by atoms with Crippen LogP contribution in [0.3, 0.4) is 0 Å². The SMILES string of the molecule is CCNC(=NCc1ccc(O)c(OCC)c1)NCc1ccccn1. The van der Waals surface area contributed by atoms with E-state index in [2.05, 4.69) is 20.6 Å². The molecule has 0 aliphatic rings. The molecule has 2 aromatic rings. The highest BCUT2D eigenvalue weighted by atomic mass is 16.5. The van der Waals surface area contributed by atoms with E-state index < -0.39 is 0 Å². The van der Waals surface area contributed by atoms with Gasteiger partial charge in [-0.3, -0.25) is 4.98 Å². The Kier molecular flexibility index (Phi) is 6.89. The third-order valence-electron chi connectivity index (χ3n) is 3.25. The zero-order valence-electron chi connectivity index (χ0n) is 14.1. The lowest BCUT2D eigenvalue weighted by Crippen LogP contribution is -2.36. The summed E-state index contributed by atoms with van der Waals surface area (Å²) in [6.07, 6.45) is 1.77. The summed E-state index contributed by atoms with van der Waals surface area (Å²) < 4.78 is 5.40. The molecule has 6 nitrogen and oxygen atoms in total. The first kappa shape index (κ1) is 17.6. The van der Waals surface area contributed by atoms with Gasteiger partial charge in [0.2, 0.25) is 0 Å². The number of hydrogen-bond donors (Lipinski definition) is 3. The number of aliphatic imine (C=N–C) groups is 1. The minimum absolute atomic E-state index is 0.143. The van der Waals surface area contributed by atoms with Gasteiger partial charge in [0, 0.05) is 12.7 Å². The van der Waals surface area contributed by atoms with Crippen LogP contribution in [0.4, 0.5) is 0 Å². The summed E-state index contributed by atoms with van der Waals surface area (Å²) in [6, 6.07) is 11.1. The average molecular weight is 328 g/mol. The third-order valence-corrected chi connectivity index (χ3v) is 3.25. The molecule has 0 bridgehead atoms. The van der Waals surface area contributed by atoms with Crippen molar-refractivity contribution < 1.29 is 9.84 Å². The van der Waals surface area contributed by atoms with Gasteiger partial charge >= 0.3 is 0 Å². The fourth-order valence-corrected chi connectivity index (χ4v) is 2.12. The Balaban J connectivity index is 2.01. The number of rotatable bonds is 7. The van der Waals surface area contributed by atoms with Gasteiger partial charge in [-0.2, -0.15) is 0 Å². The summed E-state index contributed by atoms with van der Waals surface area (Å²) >= 11 is 0. The summed E-state index contributed by atoms with van der Waals surface area (Å²) in [7, 11) is 0. The smallest absolute Gasteiger partial charge is 0.191 e. The van der Waals surface area contributed by atoms with Crippen molar-refractivity contribution in [3.63, 3.8) is 0 Å². The van der Waals surface area contributed by atoms with Crippen molar-refractivity contribution in [2.75, 3.05) is 13.2 Å². The lowest BCUT2D eigenvalue weighted by Gasteiger charge is -2.11. The molecule has 0 fully saturated rings. The number of nitrogens with zero attached hydrogens (tertiary/aromatic N) is 2. The van der Waals surface area contributed by atoms with Crippen molar-refractivity contribution in [1.82, 2.24) is 15.6 Å². The summed E-state index contributed by atoms with van der Waals surface area (Å²) in [5.41, 5.74) is 1.91. The molecule has 0 saturated carbocycles. The molecule has 128 valence electrons. The summed E-state index contributed by atoms with van der Waals surface area (Å²) in [6.45, 7) is 6.27. The maximum absolute atomic E-state index is 9.75. The van der Waals surface area contributed by atoms with Crippen molar-refractivity contribution >= 4 is 5.96 Å². The Bertz CT molecular complexity index is 659. The van der Waals surface area contributed by atoms with Gasteiger partial charge in [-0.15, -0.1) is 0 Å². The van der Waals surface area contributed by atoms with Crippen LogP contribution in [-0.2, 0) is 13.1 Å². The van der Waals surface area contributed by atoms with Crippen LogP contribution in [-0.4, -0.2) is 29.2 Å². The molecule has 3 N–H and O–H groups in total. The average Bonchev–Trinajstić information content (AvgIpc) is 2.61. The number of phenols is 1. The molecular formula is C18H24N4O2. The van der Waals surface area contributed by atoms with Crippen molar-refractivity contribution in [1.29, 1.82) is 0 Å². The number of nitrogens with one attached hydrogen (secondary N) is 2. The van der Waals surface area contributed by atoms with Gasteiger partial charge in [0.1, 0.15) is 0 Å². The normalized spacial score (nSPS) is 11.2. The topological polar surface area (TPSA) is 78.8 Å². The number of ether oxygens (including phenoxy) is 1. The summed E-state index contributed by atoms with van der Waals surface area (Å²) in [4.78, 5) is 8.84. The summed E-state index contributed by atoms with van der Waals surface area (Å²) in [5, 5.41) is 16.2. The highest BCUT2D eigenvalue weighted by Gasteiger charge is 2.04. The van der Waals surface area contributed by atoms with Gasteiger partial charge in [-0.25, -0.2) is 4.99 Å². The van der Waals surface area contributed by atoms with E-state index in [9.17, 15) is 5.11 Å². The molecule has 0 saturated heterocycles. The van der Waals surface area contributed by atoms with Gasteiger partial charge in [-0.05, 0) is 43.7 Å². The van der Waals surface area contributed by atoms with E-state index in [-0.39, 0.29) is 5.75 Å². The van der Waals surface area contributed by atoms with Gasteiger partial charge in [0.25, 0.3) is 0 Å². The molecular weight excluding hydrogens is 304 g/mol. The van der Waals surface area contributed by atoms with Crippen molar-refractivity contribution in [3.05, 3.63) is 53.9 Å². The molecule has 0 unspecified atom stereocenters. The molecule has 6 heteroatoms. The molecule has 0 aliphatic carbocycles. The molecule has 0 aliphatic heterocycles. The third kappa shape index (κ3) is 5.46. The number of phenolic OH excluding ortho intramolecular Hbond substituents is 1. The second-order valence-electron chi connectivity index (χ2n) is 5.10. The minimum atomic E-state index is 0.143. The predicted octanol–water partition coefficient (Wildman–Crippen LogP) is 2.44. The fraction of sp³-hybridized carbons (Fsp3) is 0.333. The van der Waals surface area contributed by atoms with E-state index >= 15 is 0 Å². The monoisotopic (exact) mass is 328 g/mol. The van der Waals surface area contributed by atoms with E-state index in [1.54, 1.807) is 12.3 Å². The van der Waals surface area contributed by atoms with E-state index in [1.807, 2.05) is 44.2 Å². The molecule has 0 atom stereocenters. The minimum Gasteiger partial charge on any atom is -0.504 e. The van der Waals surface area contributed by atoms with E-state index in [0.29, 0.717) is 31.4 Å². The second-order valence-corrected chi connectivity index (χ2v) is 5.10. The van der Waals surface area contributed by atoms with Crippen LogP contribution in [0.5, 0.6) is 11.5 Å². The molecule has 1 aromatic heterocycles. The highest BCUT2D eigenvalue weighted by molar-refractivity contribution is 5.79. The fourth-order valence-electron chi connectivity index (χ4n) is 2.12. The second kappa shape index (κ2) is 9.39. The highest BCUT2D eigenvalue weighted by Crippen LogP contribution is 2.27. The first-order chi connectivity index (χ1) is 11.7. The molecule has 1 heterocycles. The zero-order chi connectivity index (χ0) is 17.2. The number of hydrogen-bond acceptors (Lipinski definition) is 4. The molecule has 0 spiro atoms. The quantitative estimate of drug-likeness (QED) is 0.537. The van der Waals surface area contributed by atoms with E-state index in [1.165, 1.54) is 0 Å². The first-order valence-electron chi connectivity index (χ1n) is 8.09. The standard InChI is InChI=1S/C18H24N4O2/c1-3-19-18(22-13-15-7-5-6-10-20-15)21-12-14-8-9-16(23)17(11-14)24-4-2/h5-11,23H,3-4,12-13H2,1-2H3,(H2,19,21,22). The van der Waals surface area contributed by atoms with Crippen LogP contribution < -0.4 is 15.4 Å². The van der Waals surface area contributed by atoms with E-state index in [4.69, 9.17) is 4.74 Å². The largest absolute Gasteiger partial charge is 0.504 e. The molecule has 0 radical (unpaired) electrons. The summed E-state index contributed by atoms with van der Waals surface area (Å²) in [5.74, 6) is 1.34. The first-order valence-corrected chi connectivity index (χ1v) is 8.09. The van der Waals surface area contributed by atoms with Gasteiger partial charge < -0.3 is 20.5 Å². The predicted molar refractivity (Wildman–Crippen MR) is 95.2 cm³/mol. The van der Waals surface area contributed by atoms with Crippen molar-refractivity contribution in [2.45, 2.75) is 26.9 Å². The zero-order valence-corrected chi connectivity index (χ0v) is 14.1. The Morgan fingerprint density at radius 2 is 2.08 bits per heavy atom. The molecule has 24 heavy (non-hydrogen) atoms. The Morgan fingerprint density at radius 1 is 1.21 bits per heavy atom. The van der Waals surface area contributed by atoms with Gasteiger partial charge in [0.05, 0.1) is 25.4 Å². The van der Waals surface area contributed by atoms with Crippen LogP contribution >= 0.6 is 0 Å². The lowest BCUT2D eigenvalue weighted by atomic mass is 10.2. The Hall–Kier alpha value is -2.76. The number of benzene rings is 1. The number of aromatic hydroxyl groups is 1. The van der Waals surface area contributed by atoms with Crippen molar-refractivity contribution in [3.8, 4) is 11.5 Å². The van der Waals surface area contributed by atoms with E-state index in [0.717, 1.165) is 17.8 Å². The maximum Gasteiger partial charge on any atom is 0.191 e. The van der Waals surface area contributed by atoms with Crippen molar-refractivity contribution in [2.24, 2.45) is 4.99 Å². The van der Waals surface area contributed by atoms with Gasteiger partial charge in [-0.1, -0.05) is 12.1 Å². The van der Waals surface area contributed by atoms with Gasteiger partial charge in [0.15, 0.2) is 17.5 Å².